The Morgan fingerprint density at radius 2 is 1.33 bits per heavy atom. The normalized spacial score (nSPS) is 9.00. The van der Waals surface area contributed by atoms with Crippen LogP contribution in [0.4, 0.5) is 0 Å². The lowest BCUT2D eigenvalue weighted by atomic mass is 11.0. The minimum absolute atomic E-state index is 1.00. The van der Waals surface area contributed by atoms with Gasteiger partial charge in [-0.2, -0.15) is 0 Å². The summed E-state index contributed by atoms with van der Waals surface area (Å²) in [6.45, 7) is 0. The molecule has 0 amide bonds. The highest BCUT2D eigenvalue weighted by Gasteiger charge is 1.78. The third-order valence-electron chi connectivity index (χ3n) is 0.250. The van der Waals surface area contributed by atoms with Gasteiger partial charge in [-0.1, -0.05) is 21.6 Å². The first-order chi connectivity index (χ1) is 2.91. The maximum Gasteiger partial charge on any atom is 0.0145 e. The fourth-order valence-corrected chi connectivity index (χ4v) is 1.84. The fraction of sp³-hybridized carbons (Fsp3) is 1.00. The summed E-state index contributed by atoms with van der Waals surface area (Å²) < 4.78 is 0. The third-order valence-corrected chi connectivity index (χ3v) is 2.25. The van der Waals surface area contributed by atoms with Crippen molar-refractivity contribution in [1.29, 1.82) is 0 Å². The average Bonchev–Trinajstić information content (AvgIpc) is 1.61. The molecule has 0 unspecified atom stereocenters. The molecule has 0 aliphatic rings. The van der Waals surface area contributed by atoms with E-state index in [0.29, 0.717) is 0 Å². The van der Waals surface area contributed by atoms with Crippen molar-refractivity contribution in [3.05, 3.63) is 0 Å². The maximum atomic E-state index is 4.57. The van der Waals surface area contributed by atoms with E-state index in [-0.39, 0.29) is 0 Å². The summed E-state index contributed by atoms with van der Waals surface area (Å²) in [7, 11) is 2.84. The van der Waals surface area contributed by atoms with Gasteiger partial charge in [0.05, 0.1) is 0 Å². The molecular formula is C2H4S4. The molecule has 0 aliphatic carbocycles. The van der Waals surface area contributed by atoms with E-state index < -0.39 is 0 Å². The van der Waals surface area contributed by atoms with Gasteiger partial charge in [-0.3, -0.25) is 0 Å². The highest BCUT2D eigenvalue weighted by Crippen LogP contribution is 2.11. The quantitative estimate of drug-likeness (QED) is 0.455. The number of hydrogen-bond donors (Lipinski definition) is 0. The van der Waals surface area contributed by atoms with Gasteiger partial charge in [0.1, 0.15) is 0 Å². The van der Waals surface area contributed by atoms with Crippen LogP contribution in [-0.2, 0) is 0 Å². The molecule has 0 saturated heterocycles. The second-order valence-electron chi connectivity index (χ2n) is 0.644. The molecule has 0 heterocycles. The van der Waals surface area contributed by atoms with E-state index in [9.17, 15) is 0 Å². The molecule has 2 radical (unpaired) electrons. The standard InChI is InChI=1S/C2H4S4/c3-5-1-2-6-4/h1-2H2. The summed E-state index contributed by atoms with van der Waals surface area (Å²) in [5.74, 6) is 2.01. The van der Waals surface area contributed by atoms with Crippen LogP contribution < -0.4 is 0 Å². The molecule has 0 aromatic rings. The second kappa shape index (κ2) is 6.40. The van der Waals surface area contributed by atoms with Crippen LogP contribution in [-0.4, -0.2) is 11.5 Å². The van der Waals surface area contributed by atoms with Crippen LogP contribution in [0.2, 0.25) is 0 Å². The number of rotatable bonds is 3. The van der Waals surface area contributed by atoms with Crippen LogP contribution in [0.25, 0.3) is 0 Å². The Kier molecular flexibility index (Phi) is 7.89. The van der Waals surface area contributed by atoms with Crippen molar-refractivity contribution >= 4 is 44.9 Å². The summed E-state index contributed by atoms with van der Waals surface area (Å²) in [4.78, 5) is 0. The maximum absolute atomic E-state index is 4.57. The van der Waals surface area contributed by atoms with Gasteiger partial charge in [0.2, 0.25) is 0 Å². The molecule has 0 N–H and O–H groups in total. The Balaban J connectivity index is 2.34. The van der Waals surface area contributed by atoms with E-state index in [4.69, 9.17) is 0 Å². The zero-order chi connectivity index (χ0) is 4.83. The summed E-state index contributed by atoms with van der Waals surface area (Å²) >= 11 is 9.15. The topological polar surface area (TPSA) is 0 Å². The van der Waals surface area contributed by atoms with Crippen LogP contribution in [0.1, 0.15) is 0 Å². The molecular weight excluding hydrogens is 152 g/mol. The molecule has 0 fully saturated rings. The van der Waals surface area contributed by atoms with Crippen molar-refractivity contribution in [2.24, 2.45) is 0 Å². The van der Waals surface area contributed by atoms with Gasteiger partial charge >= 0.3 is 0 Å². The molecule has 0 bridgehead atoms. The summed E-state index contributed by atoms with van der Waals surface area (Å²) in [5.41, 5.74) is 0. The second-order valence-corrected chi connectivity index (χ2v) is 3.35. The first kappa shape index (κ1) is 7.40. The molecule has 0 atom stereocenters. The van der Waals surface area contributed by atoms with Gasteiger partial charge in [-0.15, -0.1) is 0 Å². The van der Waals surface area contributed by atoms with Crippen molar-refractivity contribution in [2.75, 3.05) is 11.5 Å². The fourth-order valence-electron chi connectivity index (χ4n) is 0.0680. The Bertz CT molecular complexity index is 17.5. The Hall–Kier alpha value is 1.40. The van der Waals surface area contributed by atoms with Crippen molar-refractivity contribution in [2.45, 2.75) is 0 Å². The Labute approximate surface area is 56.5 Å². The van der Waals surface area contributed by atoms with Gasteiger partial charge in [-0.05, 0) is 23.3 Å². The van der Waals surface area contributed by atoms with Crippen molar-refractivity contribution in [3.8, 4) is 0 Å². The van der Waals surface area contributed by atoms with Gasteiger partial charge in [-0.25, -0.2) is 0 Å². The van der Waals surface area contributed by atoms with Gasteiger partial charge in [0.25, 0.3) is 0 Å². The van der Waals surface area contributed by atoms with Crippen LogP contribution in [0.3, 0.4) is 0 Å². The molecule has 0 saturated carbocycles. The van der Waals surface area contributed by atoms with Crippen LogP contribution >= 0.6 is 44.9 Å². The predicted octanol–water partition coefficient (Wildman–Crippen LogP) is 2.68. The number of hydrogen-bond acceptors (Lipinski definition) is 2. The molecule has 0 aromatic heterocycles. The summed E-state index contributed by atoms with van der Waals surface area (Å²) in [6.07, 6.45) is 0. The Morgan fingerprint density at radius 1 is 1.00 bits per heavy atom. The molecule has 4 heteroatoms. The lowest BCUT2D eigenvalue weighted by Gasteiger charge is -1.82. The smallest absolute Gasteiger partial charge is 0.0145 e. The van der Waals surface area contributed by atoms with E-state index >= 15 is 0 Å². The first-order valence-corrected chi connectivity index (χ1v) is 5.23. The lowest BCUT2D eigenvalue weighted by molar-refractivity contribution is 1.58. The molecule has 0 spiro atoms. The molecule has 36 valence electrons. The summed E-state index contributed by atoms with van der Waals surface area (Å²) in [5, 5.41) is 0. The predicted molar refractivity (Wildman–Crippen MR) is 40.1 cm³/mol. The Morgan fingerprint density at radius 3 is 1.50 bits per heavy atom. The minimum Gasteiger partial charge on any atom is -0.0808 e. The van der Waals surface area contributed by atoms with E-state index in [1.165, 1.54) is 21.6 Å². The largest absolute Gasteiger partial charge is 0.0808 e. The SMILES string of the molecule is [S]SCCS[S]. The zero-order valence-electron chi connectivity index (χ0n) is 3.05. The first-order valence-electron chi connectivity index (χ1n) is 1.41. The van der Waals surface area contributed by atoms with Crippen LogP contribution in [0, 0.1) is 0 Å². The molecule has 6 heavy (non-hydrogen) atoms. The highest BCUT2D eigenvalue weighted by atomic mass is 33.1. The molecule has 0 nitrogen and oxygen atoms in total. The molecule has 0 rings (SSSR count). The summed E-state index contributed by atoms with van der Waals surface area (Å²) in [6, 6.07) is 0. The van der Waals surface area contributed by atoms with Gasteiger partial charge in [0, 0.05) is 11.5 Å². The van der Waals surface area contributed by atoms with Crippen molar-refractivity contribution in [3.63, 3.8) is 0 Å². The van der Waals surface area contributed by atoms with Gasteiger partial charge < -0.3 is 0 Å². The van der Waals surface area contributed by atoms with E-state index in [0.717, 1.165) is 11.5 Å². The van der Waals surface area contributed by atoms with Crippen LogP contribution in [0.5, 0.6) is 0 Å². The zero-order valence-corrected chi connectivity index (χ0v) is 6.31. The van der Waals surface area contributed by atoms with E-state index in [1.54, 1.807) is 0 Å². The molecule has 0 aromatic carbocycles. The minimum atomic E-state index is 1.00. The van der Waals surface area contributed by atoms with Crippen molar-refractivity contribution < 1.29 is 0 Å². The third kappa shape index (κ3) is 5.40. The lowest BCUT2D eigenvalue weighted by Crippen LogP contribution is -1.72. The van der Waals surface area contributed by atoms with Gasteiger partial charge in [0.15, 0.2) is 0 Å². The van der Waals surface area contributed by atoms with E-state index in [2.05, 4.69) is 23.3 Å². The monoisotopic (exact) mass is 156 g/mol. The van der Waals surface area contributed by atoms with Crippen LogP contribution in [0.15, 0.2) is 0 Å². The van der Waals surface area contributed by atoms with Crippen molar-refractivity contribution in [1.82, 2.24) is 0 Å². The molecule has 0 aliphatic heterocycles. The van der Waals surface area contributed by atoms with E-state index in [1.807, 2.05) is 0 Å². The average molecular weight is 156 g/mol. The highest BCUT2D eigenvalue weighted by molar-refractivity contribution is 8.70.